The lowest BCUT2D eigenvalue weighted by Crippen LogP contribution is -2.40. The molecule has 0 aliphatic carbocycles. The highest BCUT2D eigenvalue weighted by molar-refractivity contribution is 14.0. The van der Waals surface area contributed by atoms with Crippen molar-refractivity contribution >= 4 is 29.9 Å². The molecule has 0 atom stereocenters. The zero-order chi connectivity index (χ0) is 14.3. The van der Waals surface area contributed by atoms with Crippen LogP contribution < -0.4 is 10.6 Å². The number of hydrogen-bond acceptors (Lipinski definition) is 3. The Labute approximate surface area is 141 Å². The predicted molar refractivity (Wildman–Crippen MR) is 98.3 cm³/mol. The van der Waals surface area contributed by atoms with Crippen LogP contribution in [0.15, 0.2) is 4.99 Å². The van der Waals surface area contributed by atoms with Crippen LogP contribution in [0, 0.1) is 0 Å². The summed E-state index contributed by atoms with van der Waals surface area (Å²) in [6.45, 7) is 10.5. The molecule has 0 radical (unpaired) electrons. The number of ether oxygens (including phenoxy) is 1. The van der Waals surface area contributed by atoms with Crippen LogP contribution in [0.25, 0.3) is 0 Å². The second-order valence-electron chi connectivity index (χ2n) is 4.61. The van der Waals surface area contributed by atoms with Crippen LogP contribution in [0.4, 0.5) is 0 Å². The fourth-order valence-electron chi connectivity index (χ4n) is 1.97. The predicted octanol–water partition coefficient (Wildman–Crippen LogP) is 1.93. The van der Waals surface area contributed by atoms with E-state index in [-0.39, 0.29) is 24.0 Å². The van der Waals surface area contributed by atoms with Gasteiger partial charge >= 0.3 is 0 Å². The van der Waals surface area contributed by atoms with E-state index in [0.29, 0.717) is 6.61 Å². The summed E-state index contributed by atoms with van der Waals surface area (Å²) in [6, 6.07) is 0. The lowest BCUT2D eigenvalue weighted by molar-refractivity contribution is 0.203. The fraction of sp³-hybridized carbons (Fsp3) is 0.929. The van der Waals surface area contributed by atoms with E-state index in [4.69, 9.17) is 4.74 Å². The molecule has 0 fully saturated rings. The summed E-state index contributed by atoms with van der Waals surface area (Å²) in [5.41, 5.74) is 0. The Bertz CT molecular complexity index is 221. The molecule has 0 aromatic heterocycles. The highest BCUT2D eigenvalue weighted by atomic mass is 127. The molecule has 122 valence electrons. The number of nitrogens with one attached hydrogen (secondary N) is 2. The van der Waals surface area contributed by atoms with Gasteiger partial charge in [0.05, 0.1) is 6.61 Å². The minimum absolute atomic E-state index is 0. The summed E-state index contributed by atoms with van der Waals surface area (Å²) < 4.78 is 5.00. The Hall–Kier alpha value is -0.0800. The first-order valence-corrected chi connectivity index (χ1v) is 7.44. The van der Waals surface area contributed by atoms with Gasteiger partial charge in [0, 0.05) is 27.2 Å². The average molecular weight is 400 g/mol. The monoisotopic (exact) mass is 400 g/mol. The molecule has 6 heteroatoms. The molecule has 5 nitrogen and oxygen atoms in total. The van der Waals surface area contributed by atoms with E-state index in [1.165, 1.54) is 25.9 Å². The third-order valence-corrected chi connectivity index (χ3v) is 2.85. The van der Waals surface area contributed by atoms with Crippen LogP contribution in [-0.4, -0.2) is 64.3 Å². The molecule has 0 aromatic carbocycles. The second-order valence-corrected chi connectivity index (χ2v) is 4.61. The average Bonchev–Trinajstić information content (AvgIpc) is 2.42. The zero-order valence-electron chi connectivity index (χ0n) is 13.6. The van der Waals surface area contributed by atoms with E-state index >= 15 is 0 Å². The summed E-state index contributed by atoms with van der Waals surface area (Å²) >= 11 is 0. The summed E-state index contributed by atoms with van der Waals surface area (Å²) in [4.78, 5) is 6.70. The molecule has 0 aromatic rings. The van der Waals surface area contributed by atoms with Crippen LogP contribution in [-0.2, 0) is 4.74 Å². The van der Waals surface area contributed by atoms with E-state index in [0.717, 1.165) is 32.0 Å². The molecule has 20 heavy (non-hydrogen) atoms. The number of hydrogen-bond donors (Lipinski definition) is 2. The van der Waals surface area contributed by atoms with E-state index in [2.05, 4.69) is 34.4 Å². The van der Waals surface area contributed by atoms with Gasteiger partial charge in [-0.3, -0.25) is 4.99 Å². The molecule has 0 unspecified atom stereocenters. The fourth-order valence-corrected chi connectivity index (χ4v) is 1.97. The largest absolute Gasteiger partial charge is 0.383 e. The first kappa shape index (κ1) is 22.2. The summed E-state index contributed by atoms with van der Waals surface area (Å²) in [5, 5.41) is 6.53. The van der Waals surface area contributed by atoms with Gasteiger partial charge in [0.25, 0.3) is 0 Å². The van der Waals surface area contributed by atoms with Crippen molar-refractivity contribution in [2.24, 2.45) is 4.99 Å². The molecule has 2 N–H and O–H groups in total. The smallest absolute Gasteiger partial charge is 0.191 e. The zero-order valence-corrected chi connectivity index (χ0v) is 15.9. The Morgan fingerprint density at radius 1 is 1.05 bits per heavy atom. The molecular weight excluding hydrogens is 367 g/mol. The molecule has 0 amide bonds. The third-order valence-electron chi connectivity index (χ3n) is 2.85. The van der Waals surface area contributed by atoms with Gasteiger partial charge in [0.15, 0.2) is 5.96 Å². The van der Waals surface area contributed by atoms with Gasteiger partial charge in [-0.2, -0.15) is 0 Å². The van der Waals surface area contributed by atoms with E-state index in [9.17, 15) is 0 Å². The molecule has 0 aliphatic heterocycles. The topological polar surface area (TPSA) is 48.9 Å². The van der Waals surface area contributed by atoms with Gasteiger partial charge < -0.3 is 20.3 Å². The molecule has 0 aliphatic rings. The van der Waals surface area contributed by atoms with Crippen molar-refractivity contribution in [3.05, 3.63) is 0 Å². The quantitative estimate of drug-likeness (QED) is 0.241. The van der Waals surface area contributed by atoms with Crippen molar-refractivity contribution in [2.45, 2.75) is 33.1 Å². The van der Waals surface area contributed by atoms with Crippen LogP contribution in [0.5, 0.6) is 0 Å². The maximum absolute atomic E-state index is 5.00. The van der Waals surface area contributed by atoms with Crippen molar-refractivity contribution in [3.8, 4) is 0 Å². The van der Waals surface area contributed by atoms with E-state index in [1.54, 1.807) is 14.2 Å². The third kappa shape index (κ3) is 12.9. The van der Waals surface area contributed by atoms with Gasteiger partial charge in [-0.25, -0.2) is 0 Å². The number of guanidine groups is 1. The highest BCUT2D eigenvalue weighted by Gasteiger charge is 2.02. The Morgan fingerprint density at radius 3 is 2.15 bits per heavy atom. The Morgan fingerprint density at radius 2 is 1.65 bits per heavy atom. The standard InChI is InChI=1S/C14H32N4O.HI/c1-5-10-18(11-6-2)12-7-8-16-14(15-3)17-9-13-19-4;/h5-13H2,1-4H3,(H2,15,16,17);1H. The SMILES string of the molecule is CCCN(CCC)CCCNC(=NC)NCCOC.I. The maximum Gasteiger partial charge on any atom is 0.191 e. The summed E-state index contributed by atoms with van der Waals surface area (Å²) in [6.07, 6.45) is 3.60. The van der Waals surface area contributed by atoms with Crippen LogP contribution in [0.1, 0.15) is 33.1 Å². The number of methoxy groups -OCH3 is 1. The lowest BCUT2D eigenvalue weighted by atomic mass is 10.3. The van der Waals surface area contributed by atoms with Gasteiger partial charge in [0.2, 0.25) is 0 Å². The van der Waals surface area contributed by atoms with Gasteiger partial charge in [0.1, 0.15) is 0 Å². The second kappa shape index (κ2) is 17.0. The maximum atomic E-state index is 5.00. The molecule has 0 spiro atoms. The first-order chi connectivity index (χ1) is 9.28. The lowest BCUT2D eigenvalue weighted by Gasteiger charge is -2.21. The normalized spacial score (nSPS) is 11.3. The van der Waals surface area contributed by atoms with Crippen molar-refractivity contribution in [1.29, 1.82) is 0 Å². The molecule has 0 bridgehead atoms. The van der Waals surface area contributed by atoms with Gasteiger partial charge in [-0.05, 0) is 38.9 Å². The van der Waals surface area contributed by atoms with Crippen molar-refractivity contribution in [1.82, 2.24) is 15.5 Å². The van der Waals surface area contributed by atoms with Crippen molar-refractivity contribution < 1.29 is 4.74 Å². The van der Waals surface area contributed by atoms with Crippen LogP contribution in [0.3, 0.4) is 0 Å². The Balaban J connectivity index is 0. The van der Waals surface area contributed by atoms with E-state index in [1.807, 2.05) is 0 Å². The minimum atomic E-state index is 0. The van der Waals surface area contributed by atoms with E-state index < -0.39 is 0 Å². The first-order valence-electron chi connectivity index (χ1n) is 7.44. The number of rotatable bonds is 11. The summed E-state index contributed by atoms with van der Waals surface area (Å²) in [5.74, 6) is 0.856. The number of aliphatic imine (C=N–C) groups is 1. The van der Waals surface area contributed by atoms with Crippen LogP contribution >= 0.6 is 24.0 Å². The molecule has 0 saturated heterocycles. The minimum Gasteiger partial charge on any atom is -0.383 e. The van der Waals surface area contributed by atoms with Crippen molar-refractivity contribution in [3.63, 3.8) is 0 Å². The summed E-state index contributed by atoms with van der Waals surface area (Å²) in [7, 11) is 3.50. The molecule has 0 heterocycles. The molecular formula is C14H33IN4O. The van der Waals surface area contributed by atoms with Gasteiger partial charge in [-0.15, -0.1) is 24.0 Å². The Kier molecular flexibility index (Phi) is 18.8. The van der Waals surface area contributed by atoms with Gasteiger partial charge in [-0.1, -0.05) is 13.8 Å². The number of nitrogens with zero attached hydrogens (tertiary/aromatic N) is 2. The highest BCUT2D eigenvalue weighted by Crippen LogP contribution is 1.95. The van der Waals surface area contributed by atoms with Crippen LogP contribution in [0.2, 0.25) is 0 Å². The molecule has 0 saturated carbocycles. The van der Waals surface area contributed by atoms with Crippen molar-refractivity contribution in [2.75, 3.05) is 53.5 Å². The number of halogens is 1. The molecule has 0 rings (SSSR count).